The van der Waals surface area contributed by atoms with Gasteiger partial charge in [0, 0.05) is 29.7 Å². The Labute approximate surface area is 203 Å². The van der Waals surface area contributed by atoms with E-state index in [9.17, 15) is 10.1 Å². The SMILES string of the molecule is C=CCOc1ccc(C2=NN3[C@H](C2)c2cc([N+](=O)[O-])ccc2O[C@H]3c2ccc(OCC)cc2)cc1. The summed E-state index contributed by atoms with van der Waals surface area (Å²) >= 11 is 0. The van der Waals surface area contributed by atoms with E-state index in [1.165, 1.54) is 6.07 Å². The van der Waals surface area contributed by atoms with E-state index in [4.69, 9.17) is 19.3 Å². The number of nitrogens with zero attached hydrogens (tertiary/aromatic N) is 3. The number of nitro groups is 1. The summed E-state index contributed by atoms with van der Waals surface area (Å²) in [5, 5.41) is 18.3. The summed E-state index contributed by atoms with van der Waals surface area (Å²) in [6, 6.07) is 20.0. The molecule has 0 saturated carbocycles. The van der Waals surface area contributed by atoms with Crippen molar-refractivity contribution in [2.24, 2.45) is 5.10 Å². The molecule has 2 aliphatic heterocycles. The largest absolute Gasteiger partial charge is 0.494 e. The Balaban J connectivity index is 1.51. The molecule has 0 bridgehead atoms. The van der Waals surface area contributed by atoms with Crippen LogP contribution >= 0.6 is 0 Å². The van der Waals surface area contributed by atoms with Crippen LogP contribution in [0.1, 0.15) is 42.3 Å². The van der Waals surface area contributed by atoms with Gasteiger partial charge in [-0.05, 0) is 67.1 Å². The summed E-state index contributed by atoms with van der Waals surface area (Å²) in [4.78, 5) is 11.0. The van der Waals surface area contributed by atoms with E-state index in [1.54, 1.807) is 18.2 Å². The molecule has 3 aromatic carbocycles. The molecule has 0 unspecified atom stereocenters. The van der Waals surface area contributed by atoms with Crippen LogP contribution in [0.2, 0.25) is 0 Å². The van der Waals surface area contributed by atoms with Crippen molar-refractivity contribution in [3.8, 4) is 17.2 Å². The van der Waals surface area contributed by atoms with Gasteiger partial charge in [0.25, 0.3) is 5.69 Å². The molecule has 0 N–H and O–H groups in total. The van der Waals surface area contributed by atoms with Crippen LogP contribution in [0, 0.1) is 10.1 Å². The van der Waals surface area contributed by atoms with Crippen molar-refractivity contribution in [1.82, 2.24) is 5.01 Å². The van der Waals surface area contributed by atoms with E-state index < -0.39 is 6.23 Å². The van der Waals surface area contributed by atoms with Crippen LogP contribution in [-0.2, 0) is 0 Å². The maximum absolute atomic E-state index is 11.4. The Morgan fingerprint density at radius 3 is 2.51 bits per heavy atom. The summed E-state index contributed by atoms with van der Waals surface area (Å²) < 4.78 is 17.5. The molecule has 0 radical (unpaired) electrons. The second-order valence-electron chi connectivity index (χ2n) is 8.22. The van der Waals surface area contributed by atoms with Crippen LogP contribution in [0.4, 0.5) is 5.69 Å². The van der Waals surface area contributed by atoms with E-state index in [0.29, 0.717) is 25.4 Å². The fourth-order valence-corrected chi connectivity index (χ4v) is 4.38. The Kier molecular flexibility index (Phi) is 6.10. The van der Waals surface area contributed by atoms with Gasteiger partial charge in [-0.15, -0.1) is 0 Å². The molecule has 0 saturated heterocycles. The lowest BCUT2D eigenvalue weighted by molar-refractivity contribution is -0.385. The van der Waals surface area contributed by atoms with Gasteiger partial charge < -0.3 is 14.2 Å². The van der Waals surface area contributed by atoms with Crippen LogP contribution in [0.15, 0.2) is 84.5 Å². The van der Waals surface area contributed by atoms with Gasteiger partial charge in [0.2, 0.25) is 6.23 Å². The standard InChI is InChI=1S/C27H25N3O5/c1-3-15-34-22-10-5-18(6-11-22)24-17-25-23-16-20(30(31)32)9-14-26(23)35-27(29(25)28-24)19-7-12-21(13-8-19)33-4-2/h3,5-14,16,25,27H,1,4,15,17H2,2H3/t25-,27+/m1/s1. The first kappa shape index (κ1) is 22.5. The van der Waals surface area contributed by atoms with Crippen molar-refractivity contribution in [1.29, 1.82) is 0 Å². The van der Waals surface area contributed by atoms with Gasteiger partial charge in [0.15, 0.2) is 0 Å². The molecular formula is C27H25N3O5. The summed E-state index contributed by atoms with van der Waals surface area (Å²) in [7, 11) is 0. The van der Waals surface area contributed by atoms with Gasteiger partial charge in [-0.25, -0.2) is 5.01 Å². The number of rotatable bonds is 8. The number of fused-ring (bicyclic) bond motifs is 3. The molecule has 0 aliphatic carbocycles. The second kappa shape index (κ2) is 9.50. The van der Waals surface area contributed by atoms with Gasteiger partial charge in [-0.1, -0.05) is 12.7 Å². The third-order valence-corrected chi connectivity index (χ3v) is 6.02. The fraction of sp³-hybridized carbons (Fsp3) is 0.222. The minimum absolute atomic E-state index is 0.0315. The number of hydrazone groups is 1. The highest BCUT2D eigenvalue weighted by Crippen LogP contribution is 2.48. The molecule has 0 fully saturated rings. The highest BCUT2D eigenvalue weighted by molar-refractivity contribution is 6.02. The first-order valence-electron chi connectivity index (χ1n) is 11.4. The lowest BCUT2D eigenvalue weighted by Gasteiger charge is -2.38. The molecule has 178 valence electrons. The average molecular weight is 472 g/mol. The molecule has 2 heterocycles. The minimum atomic E-state index is -0.475. The number of benzene rings is 3. The van der Waals surface area contributed by atoms with E-state index in [2.05, 4.69) is 6.58 Å². The Hall–Kier alpha value is -4.33. The molecule has 0 aromatic heterocycles. The summed E-state index contributed by atoms with van der Waals surface area (Å²) in [6.07, 6.45) is 1.82. The predicted octanol–water partition coefficient (Wildman–Crippen LogP) is 5.80. The van der Waals surface area contributed by atoms with E-state index in [-0.39, 0.29) is 16.7 Å². The Morgan fingerprint density at radius 2 is 1.83 bits per heavy atom. The van der Waals surface area contributed by atoms with Crippen molar-refractivity contribution < 1.29 is 19.1 Å². The molecule has 0 amide bonds. The third-order valence-electron chi connectivity index (χ3n) is 6.02. The number of non-ortho nitro benzene ring substituents is 1. The molecule has 5 rings (SSSR count). The van der Waals surface area contributed by atoms with E-state index in [1.807, 2.05) is 60.5 Å². The van der Waals surface area contributed by atoms with E-state index >= 15 is 0 Å². The van der Waals surface area contributed by atoms with Crippen LogP contribution in [0.25, 0.3) is 0 Å². The van der Waals surface area contributed by atoms with Crippen molar-refractivity contribution in [2.75, 3.05) is 13.2 Å². The molecular weight excluding hydrogens is 446 g/mol. The number of nitro benzene ring substituents is 1. The zero-order chi connectivity index (χ0) is 24.4. The molecule has 3 aromatic rings. The summed E-state index contributed by atoms with van der Waals surface area (Å²) in [5.41, 5.74) is 3.54. The number of ether oxygens (including phenoxy) is 3. The molecule has 2 aliphatic rings. The van der Waals surface area contributed by atoms with Crippen molar-refractivity contribution in [3.63, 3.8) is 0 Å². The zero-order valence-electron chi connectivity index (χ0n) is 19.3. The maximum atomic E-state index is 11.4. The quantitative estimate of drug-likeness (QED) is 0.234. The van der Waals surface area contributed by atoms with Crippen molar-refractivity contribution >= 4 is 11.4 Å². The molecule has 35 heavy (non-hydrogen) atoms. The van der Waals surface area contributed by atoms with Gasteiger partial charge in [-0.3, -0.25) is 10.1 Å². The lowest BCUT2D eigenvalue weighted by atomic mass is 9.95. The topological polar surface area (TPSA) is 86.4 Å². The van der Waals surface area contributed by atoms with Crippen molar-refractivity contribution in [3.05, 3.63) is 106 Å². The molecule has 0 spiro atoms. The van der Waals surface area contributed by atoms with Gasteiger partial charge in [-0.2, -0.15) is 5.10 Å². The molecule has 2 atom stereocenters. The number of hydrogen-bond acceptors (Lipinski definition) is 7. The summed E-state index contributed by atoms with van der Waals surface area (Å²) in [5.74, 6) is 2.16. The first-order chi connectivity index (χ1) is 17.1. The monoisotopic (exact) mass is 471 g/mol. The van der Waals surface area contributed by atoms with Crippen LogP contribution in [0.5, 0.6) is 17.2 Å². The highest BCUT2D eigenvalue weighted by atomic mass is 16.6. The molecule has 8 nitrogen and oxygen atoms in total. The van der Waals surface area contributed by atoms with E-state index in [0.717, 1.165) is 33.9 Å². The first-order valence-corrected chi connectivity index (χ1v) is 11.4. The lowest BCUT2D eigenvalue weighted by Crippen LogP contribution is -2.33. The predicted molar refractivity (Wildman–Crippen MR) is 132 cm³/mol. The zero-order valence-corrected chi connectivity index (χ0v) is 19.3. The Morgan fingerprint density at radius 1 is 1.11 bits per heavy atom. The highest BCUT2D eigenvalue weighted by Gasteiger charge is 2.41. The smallest absolute Gasteiger partial charge is 0.270 e. The van der Waals surface area contributed by atoms with Gasteiger partial charge in [0.05, 0.1) is 23.3 Å². The van der Waals surface area contributed by atoms with Crippen LogP contribution in [-0.4, -0.2) is 28.9 Å². The Bertz CT molecular complexity index is 1270. The van der Waals surface area contributed by atoms with Gasteiger partial charge >= 0.3 is 0 Å². The van der Waals surface area contributed by atoms with Crippen molar-refractivity contribution in [2.45, 2.75) is 25.6 Å². The van der Waals surface area contributed by atoms with Gasteiger partial charge in [0.1, 0.15) is 23.9 Å². The second-order valence-corrected chi connectivity index (χ2v) is 8.22. The maximum Gasteiger partial charge on any atom is 0.270 e. The third kappa shape index (κ3) is 4.42. The minimum Gasteiger partial charge on any atom is -0.494 e. The fourth-order valence-electron chi connectivity index (χ4n) is 4.38. The average Bonchev–Trinajstić information content (AvgIpc) is 3.33. The molecule has 8 heteroatoms. The summed E-state index contributed by atoms with van der Waals surface area (Å²) in [6.45, 7) is 6.64. The van der Waals surface area contributed by atoms with Crippen LogP contribution < -0.4 is 14.2 Å². The normalized spacial score (nSPS) is 18.1. The van der Waals surface area contributed by atoms with Crippen LogP contribution in [0.3, 0.4) is 0 Å². The number of hydrogen-bond donors (Lipinski definition) is 0.